The quantitative estimate of drug-likeness (QED) is 0.546. The molecule has 1 atom stereocenters. The normalized spacial score (nSPS) is 12.4. The number of hydrogen-bond acceptors (Lipinski definition) is 5. The van der Waals surface area contributed by atoms with Gasteiger partial charge < -0.3 is 10.6 Å². The molecule has 31 heavy (non-hydrogen) atoms. The van der Waals surface area contributed by atoms with Crippen molar-refractivity contribution < 1.29 is 9.59 Å². The molecule has 0 spiro atoms. The second kappa shape index (κ2) is 9.15. The molecule has 10 nitrogen and oxygen atoms in total. The summed E-state index contributed by atoms with van der Waals surface area (Å²) in [5.41, 5.74) is -0.463. The van der Waals surface area contributed by atoms with Crippen LogP contribution in [0.25, 0.3) is 16.7 Å². The Morgan fingerprint density at radius 3 is 2.45 bits per heavy atom. The molecule has 0 aliphatic carbocycles. The third kappa shape index (κ3) is 4.68. The largest absolute Gasteiger partial charge is 0.354 e. The number of nitrogens with one attached hydrogen (secondary N) is 2. The molecule has 10 heteroatoms. The van der Waals surface area contributed by atoms with Crippen LogP contribution in [0.3, 0.4) is 0 Å². The van der Waals surface area contributed by atoms with Crippen LogP contribution >= 0.6 is 0 Å². The molecule has 0 aliphatic rings. The third-order valence-electron chi connectivity index (χ3n) is 5.01. The number of aromatic nitrogens is 4. The van der Waals surface area contributed by atoms with E-state index >= 15 is 0 Å². The van der Waals surface area contributed by atoms with Crippen molar-refractivity contribution in [2.24, 2.45) is 0 Å². The van der Waals surface area contributed by atoms with Gasteiger partial charge in [-0.25, -0.2) is 13.9 Å². The molecule has 0 saturated heterocycles. The van der Waals surface area contributed by atoms with Gasteiger partial charge in [-0.15, -0.1) is 5.10 Å². The number of fused-ring (bicyclic) bond motifs is 3. The van der Waals surface area contributed by atoms with Gasteiger partial charge in [-0.05, 0) is 39.3 Å². The maximum absolute atomic E-state index is 13.1. The highest BCUT2D eigenvalue weighted by atomic mass is 16.2. The fraction of sp³-hybridized carbons (Fsp3) is 0.476. The molecule has 0 saturated carbocycles. The highest BCUT2D eigenvalue weighted by molar-refractivity contribution is 5.80. The smallest absolute Gasteiger partial charge is 0.352 e. The second-order valence-electron chi connectivity index (χ2n) is 7.90. The molecular weight excluding hydrogens is 400 g/mol. The molecule has 2 amide bonds. The standard InChI is InChI=1S/C21H28N6O4/c1-5-14(4)23-17(28)10-11-25-19(30)15-8-6-7-9-16(15)27-20(25)24-26(21(27)31)12-18(29)22-13(2)3/h6-9,13-14H,5,10-12H2,1-4H3,(H,22,29)(H,23,28)/t14-/m1/s1. The lowest BCUT2D eigenvalue weighted by Gasteiger charge is -2.12. The van der Waals surface area contributed by atoms with Crippen molar-refractivity contribution >= 4 is 28.5 Å². The van der Waals surface area contributed by atoms with Gasteiger partial charge >= 0.3 is 5.69 Å². The minimum Gasteiger partial charge on any atom is -0.354 e. The van der Waals surface area contributed by atoms with Crippen LogP contribution in [0.15, 0.2) is 33.9 Å². The Morgan fingerprint density at radius 1 is 1.06 bits per heavy atom. The van der Waals surface area contributed by atoms with Gasteiger partial charge in [-0.1, -0.05) is 19.1 Å². The van der Waals surface area contributed by atoms with E-state index in [1.807, 2.05) is 27.7 Å². The van der Waals surface area contributed by atoms with Gasteiger partial charge in [0, 0.05) is 25.0 Å². The van der Waals surface area contributed by atoms with Gasteiger partial charge in [-0.3, -0.25) is 19.0 Å². The molecule has 0 unspecified atom stereocenters. The Labute approximate surface area is 178 Å². The maximum atomic E-state index is 13.1. The second-order valence-corrected chi connectivity index (χ2v) is 7.90. The molecule has 0 bridgehead atoms. The van der Waals surface area contributed by atoms with Crippen LogP contribution in [0.4, 0.5) is 0 Å². The van der Waals surface area contributed by atoms with Gasteiger partial charge in [0.15, 0.2) is 0 Å². The number of amides is 2. The molecule has 0 radical (unpaired) electrons. The van der Waals surface area contributed by atoms with Crippen molar-refractivity contribution in [3.05, 3.63) is 45.1 Å². The zero-order valence-corrected chi connectivity index (χ0v) is 18.2. The molecule has 2 heterocycles. The molecule has 3 rings (SSSR count). The zero-order valence-electron chi connectivity index (χ0n) is 18.2. The lowest BCUT2D eigenvalue weighted by molar-refractivity contribution is -0.123. The van der Waals surface area contributed by atoms with Crippen LogP contribution in [0.2, 0.25) is 0 Å². The Bertz CT molecular complexity index is 1240. The van der Waals surface area contributed by atoms with Crippen LogP contribution in [-0.2, 0) is 22.7 Å². The average Bonchev–Trinajstić information content (AvgIpc) is 3.03. The molecule has 2 aromatic heterocycles. The zero-order chi connectivity index (χ0) is 22.7. The van der Waals surface area contributed by atoms with Crippen molar-refractivity contribution in [2.75, 3.05) is 0 Å². The van der Waals surface area contributed by atoms with Crippen LogP contribution in [0.5, 0.6) is 0 Å². The first kappa shape index (κ1) is 22.3. The number of carbonyl (C=O) groups is 2. The minimum absolute atomic E-state index is 0.0298. The van der Waals surface area contributed by atoms with E-state index in [2.05, 4.69) is 15.7 Å². The van der Waals surface area contributed by atoms with Gasteiger partial charge in [0.2, 0.25) is 17.6 Å². The Balaban J connectivity index is 2.08. The van der Waals surface area contributed by atoms with Crippen molar-refractivity contribution in [1.82, 2.24) is 29.4 Å². The lowest BCUT2D eigenvalue weighted by atomic mass is 10.2. The molecule has 0 aliphatic heterocycles. The van der Waals surface area contributed by atoms with E-state index < -0.39 is 5.69 Å². The first-order valence-corrected chi connectivity index (χ1v) is 10.4. The van der Waals surface area contributed by atoms with E-state index in [0.29, 0.717) is 10.9 Å². The van der Waals surface area contributed by atoms with Crippen LogP contribution in [0, 0.1) is 0 Å². The molecular formula is C21H28N6O4. The van der Waals surface area contributed by atoms with Gasteiger partial charge in [0.25, 0.3) is 5.56 Å². The summed E-state index contributed by atoms with van der Waals surface area (Å²) in [5.74, 6) is -0.445. The first-order valence-electron chi connectivity index (χ1n) is 10.4. The van der Waals surface area contributed by atoms with Crippen LogP contribution in [-0.4, -0.2) is 42.6 Å². The predicted molar refractivity (Wildman–Crippen MR) is 117 cm³/mol. The third-order valence-corrected chi connectivity index (χ3v) is 5.01. The molecule has 0 fully saturated rings. The van der Waals surface area contributed by atoms with Crippen LogP contribution in [0.1, 0.15) is 40.5 Å². The summed E-state index contributed by atoms with van der Waals surface area (Å²) in [5, 5.41) is 10.2. The van der Waals surface area contributed by atoms with E-state index in [-0.39, 0.29) is 54.7 Å². The predicted octanol–water partition coefficient (Wildman–Crippen LogP) is 0.640. The minimum atomic E-state index is -0.525. The fourth-order valence-electron chi connectivity index (χ4n) is 3.34. The summed E-state index contributed by atoms with van der Waals surface area (Å²) >= 11 is 0. The lowest BCUT2D eigenvalue weighted by Crippen LogP contribution is -2.36. The molecule has 2 N–H and O–H groups in total. The number of carbonyl (C=O) groups excluding carboxylic acids is 2. The van der Waals surface area contributed by atoms with Crippen molar-refractivity contribution in [1.29, 1.82) is 0 Å². The summed E-state index contributed by atoms with van der Waals surface area (Å²) in [7, 11) is 0. The first-order chi connectivity index (χ1) is 14.7. The van der Waals surface area contributed by atoms with E-state index in [0.717, 1.165) is 11.1 Å². The Hall–Kier alpha value is -3.43. The SMILES string of the molecule is CC[C@@H](C)NC(=O)CCn1c(=O)c2ccccc2n2c(=O)n(CC(=O)NC(C)C)nc12. The summed E-state index contributed by atoms with van der Waals surface area (Å²) in [6.07, 6.45) is 0.858. The topological polar surface area (TPSA) is 120 Å². The number of hydrogen-bond donors (Lipinski definition) is 2. The van der Waals surface area contributed by atoms with Crippen LogP contribution < -0.4 is 21.9 Å². The summed E-state index contributed by atoms with van der Waals surface area (Å²) in [4.78, 5) is 50.6. The van der Waals surface area contributed by atoms with Crippen molar-refractivity contribution in [3.8, 4) is 0 Å². The van der Waals surface area contributed by atoms with Crippen molar-refractivity contribution in [3.63, 3.8) is 0 Å². The number of para-hydroxylation sites is 1. The number of nitrogens with zero attached hydrogens (tertiary/aromatic N) is 4. The summed E-state index contributed by atoms with van der Waals surface area (Å²) < 4.78 is 3.66. The van der Waals surface area contributed by atoms with E-state index in [1.165, 1.54) is 8.97 Å². The van der Waals surface area contributed by atoms with Crippen molar-refractivity contribution in [2.45, 2.75) is 65.7 Å². The Morgan fingerprint density at radius 2 is 1.77 bits per heavy atom. The Kier molecular flexibility index (Phi) is 6.57. The molecule has 3 aromatic rings. The van der Waals surface area contributed by atoms with Gasteiger partial charge in [0.05, 0.1) is 10.9 Å². The summed E-state index contributed by atoms with van der Waals surface area (Å²) in [6.45, 7) is 7.30. The fourth-order valence-corrected chi connectivity index (χ4v) is 3.34. The average molecular weight is 428 g/mol. The van der Waals surface area contributed by atoms with E-state index in [9.17, 15) is 19.2 Å². The molecule has 1 aromatic carbocycles. The number of aryl methyl sites for hydroxylation is 1. The summed E-state index contributed by atoms with van der Waals surface area (Å²) in [6, 6.07) is 6.67. The maximum Gasteiger partial charge on any atom is 0.352 e. The number of rotatable bonds is 8. The van der Waals surface area contributed by atoms with E-state index in [1.54, 1.807) is 24.3 Å². The van der Waals surface area contributed by atoms with Gasteiger partial charge in [0.1, 0.15) is 6.54 Å². The van der Waals surface area contributed by atoms with Gasteiger partial charge in [-0.2, -0.15) is 0 Å². The molecule has 166 valence electrons. The number of benzene rings is 1. The highest BCUT2D eigenvalue weighted by Gasteiger charge is 2.19. The van der Waals surface area contributed by atoms with E-state index in [4.69, 9.17) is 0 Å². The highest BCUT2D eigenvalue weighted by Crippen LogP contribution is 2.11. The monoisotopic (exact) mass is 428 g/mol.